The van der Waals surface area contributed by atoms with Crippen LogP contribution in [0.2, 0.25) is 0 Å². The van der Waals surface area contributed by atoms with E-state index in [0.29, 0.717) is 28.3 Å². The van der Waals surface area contributed by atoms with E-state index in [4.69, 9.17) is 0 Å². The monoisotopic (exact) mass is 419 g/mol. The fraction of sp³-hybridized carbons (Fsp3) is 0.588. The van der Waals surface area contributed by atoms with Gasteiger partial charge in [0.25, 0.3) is 5.56 Å². The Bertz CT molecular complexity index is 921. The van der Waals surface area contributed by atoms with Gasteiger partial charge < -0.3 is 5.32 Å². The van der Waals surface area contributed by atoms with Crippen LogP contribution in [0, 0.1) is 0 Å². The van der Waals surface area contributed by atoms with E-state index < -0.39 is 23.9 Å². The number of alkyl halides is 3. The molecule has 0 aromatic carbocycles. The second-order valence-electron chi connectivity index (χ2n) is 6.48. The van der Waals surface area contributed by atoms with Gasteiger partial charge in [0.1, 0.15) is 11.4 Å². The lowest BCUT2D eigenvalue weighted by molar-refractivity contribution is -0.137. The summed E-state index contributed by atoms with van der Waals surface area (Å²) in [5.41, 5.74) is 0.969. The van der Waals surface area contributed by atoms with E-state index >= 15 is 0 Å². The fourth-order valence-electron chi connectivity index (χ4n) is 3.11. The van der Waals surface area contributed by atoms with Crippen LogP contribution in [0.15, 0.2) is 9.95 Å². The van der Waals surface area contributed by atoms with Crippen LogP contribution in [-0.2, 0) is 24.2 Å². The highest BCUT2D eigenvalue weighted by molar-refractivity contribution is 8.00. The molecule has 0 spiro atoms. The Labute approximate surface area is 162 Å². The maximum absolute atomic E-state index is 13.0. The number of thioether (sulfide) groups is 1. The molecule has 0 saturated heterocycles. The molecule has 2 heterocycles. The van der Waals surface area contributed by atoms with E-state index in [9.17, 15) is 22.8 Å². The zero-order valence-electron chi connectivity index (χ0n) is 15.0. The third kappa shape index (κ3) is 4.31. The van der Waals surface area contributed by atoms with Gasteiger partial charge in [-0.05, 0) is 38.2 Å². The number of aryl methyl sites for hydroxylation is 2. The lowest BCUT2D eigenvalue weighted by atomic mass is 10.2. The third-order valence-corrected chi connectivity index (χ3v) is 6.63. The highest BCUT2D eigenvalue weighted by atomic mass is 32.2. The van der Waals surface area contributed by atoms with Crippen molar-refractivity contribution >= 4 is 39.2 Å². The number of nitrogens with zero attached hydrogens (tertiary/aromatic N) is 2. The number of thiophene rings is 1. The molecule has 1 N–H and O–H groups in total. The summed E-state index contributed by atoms with van der Waals surface area (Å²) in [7, 11) is 0. The van der Waals surface area contributed by atoms with E-state index in [2.05, 4.69) is 4.98 Å². The Morgan fingerprint density at radius 3 is 2.81 bits per heavy atom. The SMILES string of the molecule is CCCn1c(SC(C)C(=O)NCC(F)(F)F)nc2sc3c(c2c1=O)CCC3. The van der Waals surface area contributed by atoms with Crippen LogP contribution < -0.4 is 10.9 Å². The van der Waals surface area contributed by atoms with Crippen molar-refractivity contribution in [1.29, 1.82) is 0 Å². The van der Waals surface area contributed by atoms with Crippen LogP contribution in [0.4, 0.5) is 13.2 Å². The number of nitrogens with one attached hydrogen (secondary N) is 1. The van der Waals surface area contributed by atoms with Crippen molar-refractivity contribution in [3.05, 3.63) is 20.8 Å². The Kier molecular flexibility index (Phi) is 5.85. The van der Waals surface area contributed by atoms with E-state index in [1.807, 2.05) is 12.2 Å². The average Bonchev–Trinajstić information content (AvgIpc) is 3.15. The van der Waals surface area contributed by atoms with E-state index in [-0.39, 0.29) is 5.56 Å². The lowest BCUT2D eigenvalue weighted by Gasteiger charge is -2.16. The summed E-state index contributed by atoms with van der Waals surface area (Å²) in [4.78, 5) is 31.5. The zero-order chi connectivity index (χ0) is 19.8. The quantitative estimate of drug-likeness (QED) is 0.575. The molecule has 0 fully saturated rings. The predicted octanol–water partition coefficient (Wildman–Crippen LogP) is 3.52. The minimum absolute atomic E-state index is 0.119. The molecule has 2 aromatic rings. The molecular weight excluding hydrogens is 399 g/mol. The molecule has 3 rings (SSSR count). The Morgan fingerprint density at radius 2 is 2.15 bits per heavy atom. The van der Waals surface area contributed by atoms with Gasteiger partial charge in [-0.15, -0.1) is 11.3 Å². The summed E-state index contributed by atoms with van der Waals surface area (Å²) < 4.78 is 38.4. The summed E-state index contributed by atoms with van der Waals surface area (Å²) in [5.74, 6) is -0.733. The highest BCUT2D eigenvalue weighted by Gasteiger charge is 2.30. The number of fused-ring (bicyclic) bond motifs is 3. The number of carbonyl (C=O) groups is 1. The van der Waals surface area contributed by atoms with Gasteiger partial charge in [0.05, 0.1) is 10.6 Å². The van der Waals surface area contributed by atoms with Gasteiger partial charge in [-0.25, -0.2) is 4.98 Å². The van der Waals surface area contributed by atoms with Crippen LogP contribution in [0.1, 0.15) is 37.1 Å². The molecule has 5 nitrogen and oxygen atoms in total. The van der Waals surface area contributed by atoms with Gasteiger partial charge in [-0.2, -0.15) is 13.2 Å². The third-order valence-electron chi connectivity index (χ3n) is 4.35. The first-order valence-corrected chi connectivity index (χ1v) is 10.5. The first-order valence-electron chi connectivity index (χ1n) is 8.77. The number of aromatic nitrogens is 2. The van der Waals surface area contributed by atoms with Gasteiger partial charge in [0, 0.05) is 11.4 Å². The second kappa shape index (κ2) is 7.83. The molecule has 0 saturated carbocycles. The summed E-state index contributed by atoms with van der Waals surface area (Å²) in [6, 6.07) is 0. The normalized spacial score (nSPS) is 15.1. The smallest absolute Gasteiger partial charge is 0.346 e. The van der Waals surface area contributed by atoms with Crippen molar-refractivity contribution in [2.24, 2.45) is 0 Å². The maximum atomic E-state index is 13.0. The highest BCUT2D eigenvalue weighted by Crippen LogP contribution is 2.36. The molecule has 1 atom stereocenters. The fourth-order valence-corrected chi connectivity index (χ4v) is 5.37. The Balaban J connectivity index is 1.90. The predicted molar refractivity (Wildman–Crippen MR) is 101 cm³/mol. The molecule has 27 heavy (non-hydrogen) atoms. The van der Waals surface area contributed by atoms with E-state index in [1.165, 1.54) is 23.1 Å². The van der Waals surface area contributed by atoms with Crippen LogP contribution in [0.3, 0.4) is 0 Å². The molecule has 1 amide bonds. The van der Waals surface area contributed by atoms with Crippen LogP contribution in [-0.4, -0.2) is 33.4 Å². The first kappa shape index (κ1) is 20.2. The van der Waals surface area contributed by atoms with Crippen LogP contribution in [0.5, 0.6) is 0 Å². The first-order chi connectivity index (χ1) is 12.7. The maximum Gasteiger partial charge on any atom is 0.405 e. The van der Waals surface area contributed by atoms with Crippen molar-refractivity contribution in [1.82, 2.24) is 14.9 Å². The minimum Gasteiger partial charge on any atom is -0.346 e. The number of hydrogen-bond acceptors (Lipinski definition) is 5. The minimum atomic E-state index is -4.46. The van der Waals surface area contributed by atoms with Crippen molar-refractivity contribution in [2.75, 3.05) is 6.54 Å². The number of rotatable bonds is 6. The molecule has 0 aliphatic heterocycles. The molecular formula is C17H20F3N3O2S2. The number of amides is 1. The van der Waals surface area contributed by atoms with Crippen LogP contribution in [0.25, 0.3) is 10.2 Å². The number of hydrogen-bond donors (Lipinski definition) is 1. The zero-order valence-corrected chi connectivity index (χ0v) is 16.6. The Morgan fingerprint density at radius 1 is 1.41 bits per heavy atom. The molecule has 2 aromatic heterocycles. The van der Waals surface area contributed by atoms with Crippen molar-refractivity contribution in [2.45, 2.75) is 62.7 Å². The molecule has 0 radical (unpaired) electrons. The summed E-state index contributed by atoms with van der Waals surface area (Å²) in [5, 5.41) is 2.13. The Hall–Kier alpha value is -1.55. The van der Waals surface area contributed by atoms with Crippen molar-refractivity contribution in [3.63, 3.8) is 0 Å². The molecule has 10 heteroatoms. The van der Waals surface area contributed by atoms with Crippen molar-refractivity contribution in [3.8, 4) is 0 Å². The van der Waals surface area contributed by atoms with Gasteiger partial charge in [0.2, 0.25) is 5.91 Å². The second-order valence-corrected chi connectivity index (χ2v) is 8.87. The molecule has 1 aliphatic rings. The lowest BCUT2D eigenvalue weighted by Crippen LogP contribution is -2.38. The summed E-state index contributed by atoms with van der Waals surface area (Å²) >= 11 is 2.52. The molecule has 1 unspecified atom stereocenters. The molecule has 1 aliphatic carbocycles. The van der Waals surface area contributed by atoms with Gasteiger partial charge in [-0.3, -0.25) is 14.2 Å². The van der Waals surface area contributed by atoms with E-state index in [1.54, 1.807) is 4.57 Å². The summed E-state index contributed by atoms with van der Waals surface area (Å²) in [6.07, 6.45) is -0.888. The topological polar surface area (TPSA) is 64.0 Å². The van der Waals surface area contributed by atoms with Gasteiger partial charge in [0.15, 0.2) is 5.16 Å². The van der Waals surface area contributed by atoms with Gasteiger partial charge >= 0.3 is 6.18 Å². The largest absolute Gasteiger partial charge is 0.405 e. The van der Waals surface area contributed by atoms with Crippen LogP contribution >= 0.6 is 23.1 Å². The standard InChI is InChI=1S/C17H20F3N3O2S2/c1-3-7-23-15(25)12-10-5-4-6-11(10)27-14(12)22-16(23)26-9(2)13(24)21-8-17(18,19)20/h9H,3-8H2,1-2H3,(H,21,24). The van der Waals surface area contributed by atoms with Crippen molar-refractivity contribution < 1.29 is 18.0 Å². The average molecular weight is 419 g/mol. The summed E-state index contributed by atoms with van der Waals surface area (Å²) in [6.45, 7) is 2.52. The molecule has 148 valence electrons. The molecule has 0 bridgehead atoms. The van der Waals surface area contributed by atoms with Gasteiger partial charge in [-0.1, -0.05) is 18.7 Å². The number of halogens is 3. The van der Waals surface area contributed by atoms with E-state index in [0.717, 1.165) is 36.6 Å². The number of carbonyl (C=O) groups excluding carboxylic acids is 1.